The Bertz CT molecular complexity index is 1200. The number of para-hydroxylation sites is 2. The standard InChI is InChI=1S/C24H25ClN2O5S/c1-3-32-23-10-5-4-9-22(23)27(33(29,30)21-13-11-19(25)12-14-21)16-24(28)26-20-8-6-7-18(15-20)17-31-2/h4-15H,3,16-17H2,1-2H3,(H,26,28). The molecule has 1 amide bonds. The summed E-state index contributed by atoms with van der Waals surface area (Å²) in [5, 5.41) is 3.17. The normalized spacial score (nSPS) is 11.1. The highest BCUT2D eigenvalue weighted by Gasteiger charge is 2.29. The van der Waals surface area contributed by atoms with Gasteiger partial charge in [-0.25, -0.2) is 8.42 Å². The van der Waals surface area contributed by atoms with Gasteiger partial charge in [0.05, 0.1) is 23.8 Å². The molecule has 0 aliphatic rings. The zero-order valence-electron chi connectivity index (χ0n) is 18.3. The van der Waals surface area contributed by atoms with E-state index in [1.165, 1.54) is 24.3 Å². The van der Waals surface area contributed by atoms with Crippen LogP contribution in [0.25, 0.3) is 0 Å². The third-order valence-electron chi connectivity index (χ3n) is 4.64. The molecule has 0 radical (unpaired) electrons. The molecule has 0 aliphatic heterocycles. The van der Waals surface area contributed by atoms with Crippen LogP contribution in [0.4, 0.5) is 11.4 Å². The van der Waals surface area contributed by atoms with E-state index in [-0.39, 0.29) is 10.6 Å². The number of nitrogens with one attached hydrogen (secondary N) is 1. The average Bonchev–Trinajstić information content (AvgIpc) is 2.79. The summed E-state index contributed by atoms with van der Waals surface area (Å²) < 4.78 is 38.9. The van der Waals surface area contributed by atoms with Gasteiger partial charge in [0.15, 0.2) is 0 Å². The zero-order valence-corrected chi connectivity index (χ0v) is 19.9. The number of anilines is 2. The molecule has 0 aliphatic carbocycles. The Morgan fingerprint density at radius 1 is 1.03 bits per heavy atom. The number of nitrogens with zero attached hydrogens (tertiary/aromatic N) is 1. The van der Waals surface area contributed by atoms with Gasteiger partial charge in [0.1, 0.15) is 12.3 Å². The summed E-state index contributed by atoms with van der Waals surface area (Å²) in [6, 6.07) is 19.6. The van der Waals surface area contributed by atoms with Crippen molar-refractivity contribution in [2.45, 2.75) is 18.4 Å². The second-order valence-electron chi connectivity index (χ2n) is 7.05. The van der Waals surface area contributed by atoms with Crippen LogP contribution in [0.1, 0.15) is 12.5 Å². The molecule has 0 unspecified atom stereocenters. The summed E-state index contributed by atoms with van der Waals surface area (Å²) in [4.78, 5) is 13.0. The molecule has 174 valence electrons. The van der Waals surface area contributed by atoms with Crippen LogP contribution in [0.5, 0.6) is 5.75 Å². The van der Waals surface area contributed by atoms with E-state index in [0.717, 1.165) is 9.87 Å². The minimum absolute atomic E-state index is 0.00749. The number of ether oxygens (including phenoxy) is 2. The monoisotopic (exact) mass is 488 g/mol. The smallest absolute Gasteiger partial charge is 0.264 e. The van der Waals surface area contributed by atoms with Gasteiger partial charge in [0.2, 0.25) is 5.91 Å². The molecule has 3 aromatic rings. The van der Waals surface area contributed by atoms with E-state index in [4.69, 9.17) is 21.1 Å². The number of benzene rings is 3. The molecular weight excluding hydrogens is 464 g/mol. The lowest BCUT2D eigenvalue weighted by Gasteiger charge is -2.26. The molecule has 1 N–H and O–H groups in total. The van der Waals surface area contributed by atoms with Crippen LogP contribution < -0.4 is 14.4 Å². The lowest BCUT2D eigenvalue weighted by molar-refractivity contribution is -0.114. The Hall–Kier alpha value is -3.07. The van der Waals surface area contributed by atoms with Gasteiger partial charge in [-0.3, -0.25) is 9.10 Å². The van der Waals surface area contributed by atoms with E-state index in [0.29, 0.717) is 29.7 Å². The zero-order chi connectivity index (χ0) is 23.8. The highest BCUT2D eigenvalue weighted by Crippen LogP contribution is 2.32. The fourth-order valence-electron chi connectivity index (χ4n) is 3.21. The lowest BCUT2D eigenvalue weighted by atomic mass is 10.2. The Balaban J connectivity index is 1.96. The third kappa shape index (κ3) is 6.25. The molecule has 3 aromatic carbocycles. The summed E-state index contributed by atoms with van der Waals surface area (Å²) in [6.07, 6.45) is 0. The van der Waals surface area contributed by atoms with E-state index in [9.17, 15) is 13.2 Å². The molecule has 33 heavy (non-hydrogen) atoms. The van der Waals surface area contributed by atoms with Crippen molar-refractivity contribution in [1.82, 2.24) is 0 Å². The quantitative estimate of drug-likeness (QED) is 0.446. The van der Waals surface area contributed by atoms with Gasteiger partial charge in [-0.15, -0.1) is 0 Å². The summed E-state index contributed by atoms with van der Waals surface area (Å²) in [5.74, 6) is -0.152. The van der Waals surface area contributed by atoms with Gasteiger partial charge in [0.25, 0.3) is 10.0 Å². The van der Waals surface area contributed by atoms with Gasteiger partial charge in [-0.1, -0.05) is 35.9 Å². The summed E-state index contributed by atoms with van der Waals surface area (Å²) >= 11 is 5.93. The number of sulfonamides is 1. The van der Waals surface area contributed by atoms with Crippen molar-refractivity contribution in [1.29, 1.82) is 0 Å². The molecule has 0 bridgehead atoms. The maximum Gasteiger partial charge on any atom is 0.264 e. The summed E-state index contributed by atoms with van der Waals surface area (Å²) in [5.41, 5.74) is 1.68. The molecule has 0 fully saturated rings. The molecule has 0 saturated heterocycles. The van der Waals surface area contributed by atoms with Crippen LogP contribution in [0.2, 0.25) is 5.02 Å². The minimum Gasteiger partial charge on any atom is -0.492 e. The average molecular weight is 489 g/mol. The van der Waals surface area contributed by atoms with Crippen molar-refractivity contribution in [3.63, 3.8) is 0 Å². The fourth-order valence-corrected chi connectivity index (χ4v) is 4.77. The highest BCUT2D eigenvalue weighted by atomic mass is 35.5. The van der Waals surface area contributed by atoms with Crippen LogP contribution >= 0.6 is 11.6 Å². The first kappa shape index (κ1) is 24.6. The van der Waals surface area contributed by atoms with E-state index >= 15 is 0 Å². The van der Waals surface area contributed by atoms with E-state index in [1.54, 1.807) is 56.5 Å². The molecule has 0 atom stereocenters. The van der Waals surface area contributed by atoms with Crippen molar-refractivity contribution in [3.8, 4) is 5.75 Å². The predicted octanol–water partition coefficient (Wildman–Crippen LogP) is 4.72. The minimum atomic E-state index is -4.10. The summed E-state index contributed by atoms with van der Waals surface area (Å²) in [6.45, 7) is 2.07. The molecule has 0 saturated carbocycles. The number of rotatable bonds is 10. The maximum atomic E-state index is 13.6. The first-order chi connectivity index (χ1) is 15.8. The number of hydrogen-bond donors (Lipinski definition) is 1. The Morgan fingerprint density at radius 3 is 2.45 bits per heavy atom. The third-order valence-corrected chi connectivity index (χ3v) is 6.67. The van der Waals surface area contributed by atoms with Crippen LogP contribution in [0, 0.1) is 0 Å². The number of hydrogen-bond acceptors (Lipinski definition) is 5. The highest BCUT2D eigenvalue weighted by molar-refractivity contribution is 7.92. The topological polar surface area (TPSA) is 84.9 Å². The fraction of sp³-hybridized carbons (Fsp3) is 0.208. The van der Waals surface area contributed by atoms with Crippen LogP contribution in [0.3, 0.4) is 0 Å². The molecule has 7 nitrogen and oxygen atoms in total. The Labute approximate surface area is 198 Å². The van der Waals surface area contributed by atoms with Crippen molar-refractivity contribution in [3.05, 3.63) is 83.4 Å². The van der Waals surface area contributed by atoms with E-state index in [1.807, 2.05) is 6.07 Å². The number of methoxy groups -OCH3 is 1. The lowest BCUT2D eigenvalue weighted by Crippen LogP contribution is -2.38. The predicted molar refractivity (Wildman–Crippen MR) is 129 cm³/mol. The van der Waals surface area contributed by atoms with Crippen LogP contribution in [-0.4, -0.2) is 34.6 Å². The number of carbonyl (C=O) groups excluding carboxylic acids is 1. The Morgan fingerprint density at radius 2 is 1.76 bits per heavy atom. The van der Waals surface area contributed by atoms with E-state index in [2.05, 4.69) is 5.32 Å². The molecule has 9 heteroatoms. The van der Waals surface area contributed by atoms with E-state index < -0.39 is 22.5 Å². The second-order valence-corrected chi connectivity index (χ2v) is 9.35. The van der Waals surface area contributed by atoms with Crippen molar-refractivity contribution in [2.75, 3.05) is 29.9 Å². The first-order valence-electron chi connectivity index (χ1n) is 10.2. The van der Waals surface area contributed by atoms with Crippen molar-refractivity contribution < 1.29 is 22.7 Å². The van der Waals surface area contributed by atoms with Gasteiger partial charge >= 0.3 is 0 Å². The first-order valence-corrected chi connectivity index (χ1v) is 12.0. The molecule has 0 heterocycles. The molecular formula is C24H25ClN2O5S. The van der Waals surface area contributed by atoms with Gasteiger partial charge in [0, 0.05) is 17.8 Å². The summed E-state index contributed by atoms with van der Waals surface area (Å²) in [7, 11) is -2.52. The molecule has 3 rings (SSSR count). The Kier molecular flexibility index (Phi) is 8.32. The van der Waals surface area contributed by atoms with Crippen molar-refractivity contribution in [2.24, 2.45) is 0 Å². The molecule has 0 spiro atoms. The number of amides is 1. The van der Waals surface area contributed by atoms with Crippen LogP contribution in [0.15, 0.2) is 77.7 Å². The van der Waals surface area contributed by atoms with Gasteiger partial charge in [-0.2, -0.15) is 0 Å². The van der Waals surface area contributed by atoms with Crippen LogP contribution in [-0.2, 0) is 26.2 Å². The molecule has 0 aromatic heterocycles. The number of halogens is 1. The van der Waals surface area contributed by atoms with Gasteiger partial charge in [-0.05, 0) is 61.0 Å². The van der Waals surface area contributed by atoms with Crippen molar-refractivity contribution >= 4 is 38.9 Å². The van der Waals surface area contributed by atoms with Gasteiger partial charge < -0.3 is 14.8 Å². The maximum absolute atomic E-state index is 13.6. The largest absolute Gasteiger partial charge is 0.492 e. The second kappa shape index (κ2) is 11.2. The SMILES string of the molecule is CCOc1ccccc1N(CC(=O)Nc1cccc(COC)c1)S(=O)(=O)c1ccc(Cl)cc1. The number of carbonyl (C=O) groups is 1.